The Bertz CT molecular complexity index is 592. The monoisotopic (exact) mass is 262 g/mol. The lowest BCUT2D eigenvalue weighted by Crippen LogP contribution is -2.06. The number of carbonyl (C=O) groups is 1. The second kappa shape index (κ2) is 5.51. The van der Waals surface area contributed by atoms with E-state index in [1.807, 2.05) is 0 Å². The van der Waals surface area contributed by atoms with Crippen LogP contribution < -0.4 is 4.74 Å². The fraction of sp³-hybridized carbons (Fsp3) is 0.308. The van der Waals surface area contributed by atoms with Crippen LogP contribution in [0.4, 0.5) is 0 Å². The van der Waals surface area contributed by atoms with E-state index in [-0.39, 0.29) is 0 Å². The molecular weight excluding hydrogens is 248 g/mol. The second-order valence-corrected chi connectivity index (χ2v) is 3.80. The summed E-state index contributed by atoms with van der Waals surface area (Å²) in [5, 5.41) is 3.89. The maximum absolute atomic E-state index is 11.9. The van der Waals surface area contributed by atoms with Crippen LogP contribution >= 0.6 is 0 Å². The van der Waals surface area contributed by atoms with Gasteiger partial charge < -0.3 is 14.0 Å². The average Bonchev–Trinajstić information content (AvgIpc) is 2.81. The van der Waals surface area contributed by atoms with Crippen molar-refractivity contribution in [2.75, 3.05) is 13.7 Å². The molecule has 2 rings (SSSR count). The smallest absolute Gasteiger partial charge is 0.344 e. The zero-order chi connectivity index (χ0) is 13.8. The Morgan fingerprint density at radius 1 is 1.42 bits per heavy atom. The van der Waals surface area contributed by atoms with Gasteiger partial charge in [0.15, 0.2) is 0 Å². The Hall–Kier alpha value is -2.37. The average molecular weight is 262 g/mol. The summed E-state index contributed by atoms with van der Waals surface area (Å²) in [5.74, 6) is 0.531. The van der Waals surface area contributed by atoms with Gasteiger partial charge in [-0.15, -0.1) is 0 Å². The van der Waals surface area contributed by atoms with E-state index in [0.29, 0.717) is 34.9 Å². The molecule has 0 amide bonds. The maximum atomic E-state index is 11.9. The van der Waals surface area contributed by atoms with Crippen LogP contribution in [0.3, 0.4) is 0 Å². The van der Waals surface area contributed by atoms with Crippen LogP contribution in [0.2, 0.25) is 0 Å². The molecule has 0 radical (unpaired) electrons. The Morgan fingerprint density at radius 2 is 2.21 bits per heavy atom. The van der Waals surface area contributed by atoms with Crippen LogP contribution in [0.15, 0.2) is 23.0 Å². The highest BCUT2D eigenvalue weighted by molar-refractivity contribution is 5.97. The van der Waals surface area contributed by atoms with Gasteiger partial charge in [0.1, 0.15) is 22.8 Å². The summed E-state index contributed by atoms with van der Waals surface area (Å²) in [5.41, 5.74) is 1.36. The van der Waals surface area contributed by atoms with Crippen molar-refractivity contribution in [3.05, 3.63) is 29.8 Å². The zero-order valence-electron chi connectivity index (χ0n) is 11.0. The highest BCUT2D eigenvalue weighted by atomic mass is 16.5. The van der Waals surface area contributed by atoms with Crippen molar-refractivity contribution >= 4 is 5.97 Å². The zero-order valence-corrected chi connectivity index (χ0v) is 11.0. The minimum absolute atomic E-state index is 0.291. The summed E-state index contributed by atoms with van der Waals surface area (Å²) in [6, 6.07) is 1.73. The molecule has 2 heterocycles. The molecule has 19 heavy (non-hydrogen) atoms. The summed E-state index contributed by atoms with van der Waals surface area (Å²) < 4.78 is 15.2. The highest BCUT2D eigenvalue weighted by Crippen LogP contribution is 2.27. The third-order valence-corrected chi connectivity index (χ3v) is 2.56. The lowest BCUT2D eigenvalue weighted by atomic mass is 10.1. The van der Waals surface area contributed by atoms with Gasteiger partial charge in [0.05, 0.1) is 19.9 Å². The van der Waals surface area contributed by atoms with Gasteiger partial charge in [0.25, 0.3) is 0 Å². The number of esters is 1. The Balaban J connectivity index is 2.47. The van der Waals surface area contributed by atoms with Crippen LogP contribution in [0.1, 0.15) is 23.0 Å². The summed E-state index contributed by atoms with van der Waals surface area (Å²) in [4.78, 5) is 15.9. The van der Waals surface area contributed by atoms with Gasteiger partial charge in [-0.25, -0.2) is 4.79 Å². The number of aromatic nitrogens is 2. The first-order valence-electron chi connectivity index (χ1n) is 5.80. The molecule has 6 heteroatoms. The van der Waals surface area contributed by atoms with E-state index in [4.69, 9.17) is 14.0 Å². The first-order valence-corrected chi connectivity index (χ1v) is 5.80. The molecular formula is C13H14N2O4. The number of nitrogens with zero attached hydrogens (tertiary/aromatic N) is 2. The van der Waals surface area contributed by atoms with E-state index in [1.54, 1.807) is 39.4 Å². The Labute approximate surface area is 110 Å². The summed E-state index contributed by atoms with van der Waals surface area (Å²) in [6.07, 6.45) is 3.16. The molecule has 0 saturated heterocycles. The lowest BCUT2D eigenvalue weighted by molar-refractivity contribution is 0.0525. The molecule has 0 fully saturated rings. The van der Waals surface area contributed by atoms with Gasteiger partial charge in [0, 0.05) is 11.8 Å². The maximum Gasteiger partial charge on any atom is 0.344 e. The number of hydrogen-bond donors (Lipinski definition) is 0. The molecule has 0 saturated carbocycles. The van der Waals surface area contributed by atoms with Crippen LogP contribution in [0.5, 0.6) is 5.75 Å². The van der Waals surface area contributed by atoms with E-state index in [9.17, 15) is 4.79 Å². The largest absolute Gasteiger partial charge is 0.495 e. The molecule has 6 nitrogen and oxygen atoms in total. The van der Waals surface area contributed by atoms with Crippen LogP contribution in [-0.4, -0.2) is 29.8 Å². The molecule has 0 aromatic carbocycles. The SMILES string of the molecule is CCOC(=O)c1c(-c2cncc(OC)c2)noc1C. The van der Waals surface area contributed by atoms with Gasteiger partial charge in [-0.05, 0) is 19.9 Å². The van der Waals surface area contributed by atoms with Crippen LogP contribution in [-0.2, 0) is 4.74 Å². The van der Waals surface area contributed by atoms with Gasteiger partial charge >= 0.3 is 5.97 Å². The second-order valence-electron chi connectivity index (χ2n) is 3.80. The molecule has 0 aliphatic rings. The Kier molecular flexibility index (Phi) is 3.79. The van der Waals surface area contributed by atoms with E-state index in [1.165, 1.54) is 0 Å². The van der Waals surface area contributed by atoms with Gasteiger partial charge in [-0.2, -0.15) is 0 Å². The topological polar surface area (TPSA) is 74.5 Å². The van der Waals surface area contributed by atoms with E-state index >= 15 is 0 Å². The molecule has 2 aromatic heterocycles. The molecule has 0 atom stereocenters. The highest BCUT2D eigenvalue weighted by Gasteiger charge is 2.23. The third kappa shape index (κ3) is 2.57. The molecule has 0 bridgehead atoms. The van der Waals surface area contributed by atoms with Crippen molar-refractivity contribution in [2.24, 2.45) is 0 Å². The fourth-order valence-electron chi connectivity index (χ4n) is 1.67. The van der Waals surface area contributed by atoms with Crippen LogP contribution in [0, 0.1) is 6.92 Å². The molecule has 2 aromatic rings. The van der Waals surface area contributed by atoms with E-state index in [2.05, 4.69) is 10.1 Å². The first kappa shape index (κ1) is 13.1. The molecule has 0 aliphatic carbocycles. The normalized spacial score (nSPS) is 10.3. The summed E-state index contributed by atoms with van der Waals surface area (Å²) in [7, 11) is 1.54. The number of hydrogen-bond acceptors (Lipinski definition) is 6. The van der Waals surface area contributed by atoms with E-state index < -0.39 is 5.97 Å². The predicted octanol–water partition coefficient (Wildman–Crippen LogP) is 2.23. The van der Waals surface area contributed by atoms with Crippen molar-refractivity contribution in [2.45, 2.75) is 13.8 Å². The minimum atomic E-state index is -0.459. The molecule has 0 N–H and O–H groups in total. The number of ether oxygens (including phenoxy) is 2. The standard InChI is InChI=1S/C13H14N2O4/c1-4-18-13(16)11-8(2)19-15-12(11)9-5-10(17-3)7-14-6-9/h5-7H,4H2,1-3H3. The molecule has 0 unspecified atom stereocenters. The quantitative estimate of drug-likeness (QED) is 0.786. The van der Waals surface area contributed by atoms with Gasteiger partial charge in [-0.3, -0.25) is 4.98 Å². The molecule has 100 valence electrons. The number of carbonyl (C=O) groups excluding carboxylic acids is 1. The van der Waals surface area contributed by atoms with Gasteiger partial charge in [0.2, 0.25) is 0 Å². The van der Waals surface area contributed by atoms with E-state index in [0.717, 1.165) is 0 Å². The van der Waals surface area contributed by atoms with Crippen LogP contribution in [0.25, 0.3) is 11.3 Å². The first-order chi connectivity index (χ1) is 9.17. The van der Waals surface area contributed by atoms with Crippen molar-refractivity contribution in [3.63, 3.8) is 0 Å². The number of rotatable bonds is 4. The number of methoxy groups -OCH3 is 1. The lowest BCUT2D eigenvalue weighted by Gasteiger charge is -2.04. The third-order valence-electron chi connectivity index (χ3n) is 2.56. The van der Waals surface area contributed by atoms with Crippen molar-refractivity contribution < 1.29 is 18.8 Å². The number of aryl methyl sites for hydroxylation is 1. The Morgan fingerprint density at radius 3 is 2.89 bits per heavy atom. The molecule has 0 aliphatic heterocycles. The summed E-state index contributed by atoms with van der Waals surface area (Å²) in [6.45, 7) is 3.70. The minimum Gasteiger partial charge on any atom is -0.495 e. The van der Waals surface area contributed by atoms with Crippen molar-refractivity contribution in [1.29, 1.82) is 0 Å². The predicted molar refractivity (Wildman–Crippen MR) is 67.0 cm³/mol. The van der Waals surface area contributed by atoms with Crippen molar-refractivity contribution in [1.82, 2.24) is 10.1 Å². The van der Waals surface area contributed by atoms with Crippen molar-refractivity contribution in [3.8, 4) is 17.0 Å². The van der Waals surface area contributed by atoms with Gasteiger partial charge in [-0.1, -0.05) is 5.16 Å². The number of pyridine rings is 1. The summed E-state index contributed by atoms with van der Waals surface area (Å²) >= 11 is 0. The fourth-order valence-corrected chi connectivity index (χ4v) is 1.67. The molecule has 0 spiro atoms.